The summed E-state index contributed by atoms with van der Waals surface area (Å²) in [4.78, 5) is 0. The fourth-order valence-corrected chi connectivity index (χ4v) is 3.75. The van der Waals surface area contributed by atoms with Crippen molar-refractivity contribution in [2.75, 3.05) is 0 Å². The molecule has 0 heterocycles. The first-order valence-electron chi connectivity index (χ1n) is 6.85. The van der Waals surface area contributed by atoms with Crippen molar-refractivity contribution in [3.8, 4) is 0 Å². The van der Waals surface area contributed by atoms with E-state index in [-0.39, 0.29) is 0 Å². The summed E-state index contributed by atoms with van der Waals surface area (Å²) >= 11 is 0. The van der Waals surface area contributed by atoms with Crippen LogP contribution in [-0.4, -0.2) is 10.7 Å². The van der Waals surface area contributed by atoms with Gasteiger partial charge in [-0.3, -0.25) is 0 Å². The summed E-state index contributed by atoms with van der Waals surface area (Å²) in [6.45, 7) is 8.93. The summed E-state index contributed by atoms with van der Waals surface area (Å²) in [5.41, 5.74) is 1.04. The highest BCUT2D eigenvalue weighted by atomic mass is 16.3. The molecule has 1 N–H and O–H groups in total. The fourth-order valence-electron chi connectivity index (χ4n) is 3.75. The van der Waals surface area contributed by atoms with Crippen LogP contribution < -0.4 is 0 Å². The molecule has 2 rings (SSSR count). The van der Waals surface area contributed by atoms with Gasteiger partial charge in [0.1, 0.15) is 0 Å². The lowest BCUT2D eigenvalue weighted by atomic mass is 9.58. The molecule has 0 amide bonds. The van der Waals surface area contributed by atoms with Gasteiger partial charge in [0, 0.05) is 5.92 Å². The Labute approximate surface area is 99.9 Å². The Morgan fingerprint density at radius 1 is 1.38 bits per heavy atom. The van der Waals surface area contributed by atoms with Gasteiger partial charge in [0.25, 0.3) is 0 Å². The highest BCUT2D eigenvalue weighted by Gasteiger charge is 2.48. The number of rotatable bonds is 1. The molecule has 2 aliphatic carbocycles. The van der Waals surface area contributed by atoms with Crippen LogP contribution in [0.25, 0.3) is 0 Å². The summed E-state index contributed by atoms with van der Waals surface area (Å²) in [5.74, 6) is 2.28. The molecule has 1 saturated carbocycles. The van der Waals surface area contributed by atoms with Crippen LogP contribution in [0.3, 0.4) is 0 Å². The highest BCUT2D eigenvalue weighted by molar-refractivity contribution is 5.15. The average molecular weight is 222 g/mol. The summed E-state index contributed by atoms with van der Waals surface area (Å²) in [6, 6.07) is 0. The molecule has 0 spiro atoms. The van der Waals surface area contributed by atoms with Crippen LogP contribution in [0.5, 0.6) is 0 Å². The van der Waals surface area contributed by atoms with E-state index >= 15 is 0 Å². The molecule has 1 nitrogen and oxygen atoms in total. The van der Waals surface area contributed by atoms with E-state index in [9.17, 15) is 5.11 Å². The molecule has 0 aromatic rings. The van der Waals surface area contributed by atoms with E-state index < -0.39 is 5.60 Å². The smallest absolute Gasteiger partial charge is 0.0735 e. The molecule has 0 bridgehead atoms. The lowest BCUT2D eigenvalue weighted by molar-refractivity contribution is -0.107. The third kappa shape index (κ3) is 1.84. The first-order valence-corrected chi connectivity index (χ1v) is 6.85. The summed E-state index contributed by atoms with van der Waals surface area (Å²) in [5, 5.41) is 10.9. The van der Waals surface area contributed by atoms with Crippen molar-refractivity contribution in [2.45, 2.75) is 59.0 Å². The highest BCUT2D eigenvalue weighted by Crippen LogP contribution is 2.50. The van der Waals surface area contributed by atoms with E-state index in [0.717, 1.165) is 12.3 Å². The van der Waals surface area contributed by atoms with Gasteiger partial charge in [-0.15, -0.1) is 0 Å². The standard InChI is InChI=1S/C15H26O/c1-10(2)15(16)8-7-12(4)13-6-5-11(3)9-14(13)15/h9-10,12-14,16H,5-8H2,1-4H3/t12-,13-,14+,15-/m0/s1. The first kappa shape index (κ1) is 12.2. The maximum Gasteiger partial charge on any atom is 0.0735 e. The molecule has 0 radical (unpaired) electrons. The molecule has 0 aliphatic heterocycles. The Morgan fingerprint density at radius 2 is 2.06 bits per heavy atom. The lowest BCUT2D eigenvalue weighted by Crippen LogP contribution is -2.51. The molecule has 0 saturated heterocycles. The van der Waals surface area contributed by atoms with Crippen LogP contribution in [0, 0.1) is 23.7 Å². The zero-order chi connectivity index (χ0) is 11.9. The molecule has 0 unspecified atom stereocenters. The zero-order valence-corrected chi connectivity index (χ0v) is 11.2. The van der Waals surface area contributed by atoms with Gasteiger partial charge in [-0.1, -0.05) is 32.4 Å². The minimum atomic E-state index is -0.446. The molecule has 0 aromatic heterocycles. The van der Waals surface area contributed by atoms with E-state index in [4.69, 9.17) is 0 Å². The van der Waals surface area contributed by atoms with E-state index in [1.807, 2.05) is 0 Å². The van der Waals surface area contributed by atoms with Crippen LogP contribution in [0.2, 0.25) is 0 Å². The second-order valence-electron chi connectivity index (χ2n) is 6.40. The van der Waals surface area contributed by atoms with Gasteiger partial charge in [-0.2, -0.15) is 0 Å². The number of hydrogen-bond donors (Lipinski definition) is 1. The van der Waals surface area contributed by atoms with Crippen molar-refractivity contribution in [1.82, 2.24) is 0 Å². The minimum Gasteiger partial charge on any atom is -0.389 e. The molecule has 16 heavy (non-hydrogen) atoms. The maximum atomic E-state index is 10.9. The van der Waals surface area contributed by atoms with Crippen molar-refractivity contribution in [1.29, 1.82) is 0 Å². The summed E-state index contributed by atoms with van der Waals surface area (Å²) in [7, 11) is 0. The molecule has 2 aliphatic rings. The molecule has 0 aromatic carbocycles. The van der Waals surface area contributed by atoms with E-state index in [1.54, 1.807) is 0 Å². The second-order valence-corrected chi connectivity index (χ2v) is 6.40. The van der Waals surface area contributed by atoms with Crippen LogP contribution in [-0.2, 0) is 0 Å². The SMILES string of the molecule is CC1=C[C@@H]2[C@@H](CC1)[C@@H](C)CC[C@]2(O)C(C)C. The first-order chi connectivity index (χ1) is 7.45. The normalized spacial score (nSPS) is 44.1. The van der Waals surface area contributed by atoms with Crippen LogP contribution in [0.15, 0.2) is 11.6 Å². The van der Waals surface area contributed by atoms with Crippen LogP contribution >= 0.6 is 0 Å². The van der Waals surface area contributed by atoms with Gasteiger partial charge >= 0.3 is 0 Å². The Kier molecular flexibility index (Phi) is 3.18. The van der Waals surface area contributed by atoms with Gasteiger partial charge < -0.3 is 5.11 Å². The van der Waals surface area contributed by atoms with Crippen molar-refractivity contribution in [2.24, 2.45) is 23.7 Å². The van der Waals surface area contributed by atoms with E-state index in [0.29, 0.717) is 17.8 Å². The third-order valence-corrected chi connectivity index (χ3v) is 5.11. The average Bonchev–Trinajstić information content (AvgIpc) is 2.23. The fraction of sp³-hybridized carbons (Fsp3) is 0.867. The Hall–Kier alpha value is -0.300. The summed E-state index contributed by atoms with van der Waals surface area (Å²) < 4.78 is 0. The molecular formula is C15H26O. The lowest BCUT2D eigenvalue weighted by Gasteiger charge is -2.50. The molecule has 4 atom stereocenters. The van der Waals surface area contributed by atoms with Crippen molar-refractivity contribution in [3.05, 3.63) is 11.6 Å². The van der Waals surface area contributed by atoms with Crippen molar-refractivity contribution >= 4 is 0 Å². The topological polar surface area (TPSA) is 20.2 Å². The zero-order valence-electron chi connectivity index (χ0n) is 11.2. The van der Waals surface area contributed by atoms with Crippen LogP contribution in [0.1, 0.15) is 53.4 Å². The summed E-state index contributed by atoms with van der Waals surface area (Å²) in [6.07, 6.45) is 7.08. The van der Waals surface area contributed by atoms with Gasteiger partial charge in [0.2, 0.25) is 0 Å². The van der Waals surface area contributed by atoms with Gasteiger partial charge in [0.05, 0.1) is 5.60 Å². The maximum absolute atomic E-state index is 10.9. The van der Waals surface area contributed by atoms with Gasteiger partial charge in [-0.05, 0) is 50.4 Å². The third-order valence-electron chi connectivity index (χ3n) is 5.11. The van der Waals surface area contributed by atoms with Gasteiger partial charge in [0.15, 0.2) is 0 Å². The Morgan fingerprint density at radius 3 is 2.69 bits per heavy atom. The predicted octanol–water partition coefficient (Wildman–Crippen LogP) is 3.78. The minimum absolute atomic E-state index is 0.370. The molecule has 1 fully saturated rings. The molecule has 1 heteroatoms. The predicted molar refractivity (Wildman–Crippen MR) is 68.2 cm³/mol. The number of fused-ring (bicyclic) bond motifs is 1. The second kappa shape index (κ2) is 4.18. The van der Waals surface area contributed by atoms with E-state index in [2.05, 4.69) is 33.8 Å². The molecular weight excluding hydrogens is 196 g/mol. The number of aliphatic hydroxyl groups is 1. The monoisotopic (exact) mass is 222 g/mol. The Balaban J connectivity index is 2.32. The van der Waals surface area contributed by atoms with Crippen molar-refractivity contribution in [3.63, 3.8) is 0 Å². The van der Waals surface area contributed by atoms with Crippen molar-refractivity contribution < 1.29 is 5.11 Å². The largest absolute Gasteiger partial charge is 0.389 e. The Bertz CT molecular complexity index is 292. The quantitative estimate of drug-likeness (QED) is 0.669. The molecule has 92 valence electrons. The van der Waals surface area contributed by atoms with E-state index in [1.165, 1.54) is 24.8 Å². The number of hydrogen-bond acceptors (Lipinski definition) is 1. The van der Waals surface area contributed by atoms with Crippen LogP contribution in [0.4, 0.5) is 0 Å². The van der Waals surface area contributed by atoms with Gasteiger partial charge in [-0.25, -0.2) is 0 Å². The number of allylic oxidation sites excluding steroid dienone is 1.